The summed E-state index contributed by atoms with van der Waals surface area (Å²) in [5.74, 6) is 5.54. The van der Waals surface area contributed by atoms with E-state index in [1.807, 2.05) is 0 Å². The summed E-state index contributed by atoms with van der Waals surface area (Å²) in [6.07, 6.45) is 4.18. The molecule has 0 bridgehead atoms. The lowest BCUT2D eigenvalue weighted by atomic mass is 9.86. The summed E-state index contributed by atoms with van der Waals surface area (Å²) in [6, 6.07) is 0.262. The van der Waals surface area contributed by atoms with Crippen LogP contribution in [-0.4, -0.2) is 18.8 Å². The summed E-state index contributed by atoms with van der Waals surface area (Å²) in [4.78, 5) is 0. The molecule has 1 unspecified atom stereocenters. The number of hydrazine groups is 1. The lowest BCUT2D eigenvalue weighted by molar-refractivity contribution is -0.0496. The molecule has 0 aromatic heterocycles. The van der Waals surface area contributed by atoms with Gasteiger partial charge in [0, 0.05) is 7.11 Å². The molecule has 0 aromatic carbocycles. The maximum atomic E-state index is 5.60. The van der Waals surface area contributed by atoms with Crippen LogP contribution in [0, 0.1) is 0 Å². The average Bonchev–Trinajstić information content (AvgIpc) is 2.19. The number of nitrogens with one attached hydrogen (secondary N) is 1. The van der Waals surface area contributed by atoms with Crippen molar-refractivity contribution in [1.29, 1.82) is 0 Å². The van der Waals surface area contributed by atoms with Crippen LogP contribution in [0.15, 0.2) is 0 Å². The van der Waals surface area contributed by atoms with Gasteiger partial charge in [0.15, 0.2) is 0 Å². The number of methoxy groups -OCH3 is 1. The van der Waals surface area contributed by atoms with Gasteiger partial charge in [-0.25, -0.2) is 0 Å². The third kappa shape index (κ3) is 2.93. The third-order valence-electron chi connectivity index (χ3n) is 3.02. The Morgan fingerprint density at radius 2 is 1.85 bits per heavy atom. The largest absolute Gasteiger partial charge is 0.377 e. The minimum atomic E-state index is -0.0925. The molecule has 3 N–H and O–H groups in total. The van der Waals surface area contributed by atoms with Gasteiger partial charge < -0.3 is 4.74 Å². The Labute approximate surface area is 82.0 Å². The molecule has 3 nitrogen and oxygen atoms in total. The standard InChI is InChI=1S/C10H24N2O/c1-5-8-9(12-11)10(6-2,7-3)13-4/h9,12H,5-8,11H2,1-4H3. The fraction of sp³-hybridized carbons (Fsp3) is 1.00. The van der Waals surface area contributed by atoms with Gasteiger partial charge in [-0.1, -0.05) is 27.2 Å². The molecule has 0 heterocycles. The van der Waals surface area contributed by atoms with Crippen molar-refractivity contribution >= 4 is 0 Å². The van der Waals surface area contributed by atoms with E-state index < -0.39 is 0 Å². The quantitative estimate of drug-likeness (QED) is 0.473. The van der Waals surface area contributed by atoms with Gasteiger partial charge in [0.2, 0.25) is 0 Å². The van der Waals surface area contributed by atoms with Gasteiger partial charge in [-0.15, -0.1) is 0 Å². The molecular weight excluding hydrogens is 164 g/mol. The fourth-order valence-corrected chi connectivity index (χ4v) is 1.96. The van der Waals surface area contributed by atoms with Gasteiger partial charge in [-0.05, 0) is 19.3 Å². The van der Waals surface area contributed by atoms with Crippen molar-refractivity contribution in [3.8, 4) is 0 Å². The van der Waals surface area contributed by atoms with Crippen LogP contribution in [0.1, 0.15) is 46.5 Å². The highest BCUT2D eigenvalue weighted by Crippen LogP contribution is 2.26. The number of nitrogens with two attached hydrogens (primary N) is 1. The van der Waals surface area contributed by atoms with E-state index in [0.717, 1.165) is 25.7 Å². The molecule has 0 radical (unpaired) electrons. The monoisotopic (exact) mass is 188 g/mol. The Bertz CT molecular complexity index is 116. The van der Waals surface area contributed by atoms with E-state index >= 15 is 0 Å². The molecule has 13 heavy (non-hydrogen) atoms. The molecule has 0 saturated heterocycles. The Kier molecular flexibility index (Phi) is 6.29. The normalized spacial score (nSPS) is 14.5. The zero-order valence-corrected chi connectivity index (χ0v) is 9.39. The van der Waals surface area contributed by atoms with Gasteiger partial charge in [0.05, 0.1) is 11.6 Å². The van der Waals surface area contributed by atoms with Gasteiger partial charge in [0.25, 0.3) is 0 Å². The van der Waals surface area contributed by atoms with Crippen LogP contribution in [0.4, 0.5) is 0 Å². The van der Waals surface area contributed by atoms with E-state index in [1.165, 1.54) is 0 Å². The zero-order valence-electron chi connectivity index (χ0n) is 9.39. The second-order valence-corrected chi connectivity index (χ2v) is 3.48. The van der Waals surface area contributed by atoms with E-state index in [2.05, 4.69) is 26.2 Å². The van der Waals surface area contributed by atoms with Gasteiger partial charge in [-0.3, -0.25) is 11.3 Å². The number of hydrogen-bond donors (Lipinski definition) is 2. The summed E-state index contributed by atoms with van der Waals surface area (Å²) >= 11 is 0. The Balaban J connectivity index is 4.45. The van der Waals surface area contributed by atoms with Gasteiger partial charge in [0.1, 0.15) is 0 Å². The second-order valence-electron chi connectivity index (χ2n) is 3.48. The van der Waals surface area contributed by atoms with E-state index in [4.69, 9.17) is 10.6 Å². The first-order valence-corrected chi connectivity index (χ1v) is 5.22. The minimum Gasteiger partial charge on any atom is -0.377 e. The molecule has 3 heteroatoms. The van der Waals surface area contributed by atoms with Crippen LogP contribution < -0.4 is 11.3 Å². The smallest absolute Gasteiger partial charge is 0.0839 e. The summed E-state index contributed by atoms with van der Waals surface area (Å²) < 4.78 is 5.60. The molecular formula is C10H24N2O. The molecule has 0 aliphatic carbocycles. The van der Waals surface area contributed by atoms with Crippen molar-refractivity contribution in [2.24, 2.45) is 5.84 Å². The third-order valence-corrected chi connectivity index (χ3v) is 3.02. The van der Waals surface area contributed by atoms with Crippen molar-refractivity contribution in [3.05, 3.63) is 0 Å². The van der Waals surface area contributed by atoms with Gasteiger partial charge in [-0.2, -0.15) is 0 Å². The van der Waals surface area contributed by atoms with Crippen molar-refractivity contribution in [3.63, 3.8) is 0 Å². The molecule has 0 spiro atoms. The maximum Gasteiger partial charge on any atom is 0.0839 e. The Morgan fingerprint density at radius 3 is 2.08 bits per heavy atom. The van der Waals surface area contributed by atoms with Crippen LogP contribution >= 0.6 is 0 Å². The first-order valence-electron chi connectivity index (χ1n) is 5.22. The summed E-state index contributed by atoms with van der Waals surface area (Å²) in [5.41, 5.74) is 2.78. The summed E-state index contributed by atoms with van der Waals surface area (Å²) in [6.45, 7) is 6.45. The van der Waals surface area contributed by atoms with Crippen molar-refractivity contribution < 1.29 is 4.74 Å². The molecule has 80 valence electrons. The Morgan fingerprint density at radius 1 is 1.31 bits per heavy atom. The highest BCUT2D eigenvalue weighted by atomic mass is 16.5. The lowest BCUT2D eigenvalue weighted by Gasteiger charge is -2.38. The fourth-order valence-electron chi connectivity index (χ4n) is 1.96. The lowest BCUT2D eigenvalue weighted by Crippen LogP contribution is -2.53. The molecule has 0 fully saturated rings. The van der Waals surface area contributed by atoms with E-state index in [-0.39, 0.29) is 11.6 Å². The molecule has 0 aliphatic heterocycles. The van der Waals surface area contributed by atoms with Gasteiger partial charge >= 0.3 is 0 Å². The first-order chi connectivity index (χ1) is 6.20. The van der Waals surface area contributed by atoms with Crippen molar-refractivity contribution in [2.45, 2.75) is 58.1 Å². The average molecular weight is 188 g/mol. The topological polar surface area (TPSA) is 47.3 Å². The van der Waals surface area contributed by atoms with Crippen LogP contribution in [-0.2, 0) is 4.74 Å². The number of rotatable bonds is 7. The summed E-state index contributed by atoms with van der Waals surface area (Å²) in [5, 5.41) is 0. The van der Waals surface area contributed by atoms with Crippen LogP contribution in [0.25, 0.3) is 0 Å². The minimum absolute atomic E-state index is 0.0925. The summed E-state index contributed by atoms with van der Waals surface area (Å²) in [7, 11) is 1.77. The van der Waals surface area contributed by atoms with E-state index in [0.29, 0.717) is 0 Å². The molecule has 0 aromatic rings. The zero-order chi connectivity index (χ0) is 10.3. The van der Waals surface area contributed by atoms with Crippen LogP contribution in [0.3, 0.4) is 0 Å². The highest BCUT2D eigenvalue weighted by Gasteiger charge is 2.34. The van der Waals surface area contributed by atoms with Crippen molar-refractivity contribution in [1.82, 2.24) is 5.43 Å². The number of ether oxygens (including phenoxy) is 1. The van der Waals surface area contributed by atoms with Crippen LogP contribution in [0.2, 0.25) is 0 Å². The first kappa shape index (κ1) is 12.9. The second kappa shape index (κ2) is 6.35. The van der Waals surface area contributed by atoms with Crippen molar-refractivity contribution in [2.75, 3.05) is 7.11 Å². The predicted molar refractivity (Wildman–Crippen MR) is 56.3 cm³/mol. The highest BCUT2D eigenvalue weighted by molar-refractivity contribution is 4.89. The SMILES string of the molecule is CCCC(NN)C(CC)(CC)OC. The maximum absolute atomic E-state index is 5.60. The van der Waals surface area contributed by atoms with Crippen LogP contribution in [0.5, 0.6) is 0 Å². The molecule has 0 aliphatic rings. The van der Waals surface area contributed by atoms with E-state index in [9.17, 15) is 0 Å². The molecule has 0 amide bonds. The predicted octanol–water partition coefficient (Wildman–Crippen LogP) is 1.82. The molecule has 1 atom stereocenters. The molecule has 0 rings (SSSR count). The number of hydrogen-bond acceptors (Lipinski definition) is 3. The van der Waals surface area contributed by atoms with E-state index in [1.54, 1.807) is 7.11 Å². The Hall–Kier alpha value is -0.120. The molecule has 0 saturated carbocycles.